The van der Waals surface area contributed by atoms with Crippen LogP contribution in [0.4, 0.5) is 5.69 Å². The van der Waals surface area contributed by atoms with Crippen molar-refractivity contribution in [3.05, 3.63) is 90.0 Å². The second-order valence-corrected chi connectivity index (χ2v) is 8.61. The number of hydrogen-bond donors (Lipinski definition) is 2. The Morgan fingerprint density at radius 1 is 1.00 bits per heavy atom. The molecule has 3 aromatic carbocycles. The molecular formula is C25H26N6O2S. The zero-order chi connectivity index (χ0) is 23.6. The molecule has 174 valence electrons. The number of benzene rings is 3. The number of nitrogens with one attached hydrogen (secondary N) is 2. The van der Waals surface area contributed by atoms with Crippen LogP contribution in [0.2, 0.25) is 0 Å². The Kier molecular flexibility index (Phi) is 8.26. The van der Waals surface area contributed by atoms with Gasteiger partial charge in [-0.2, -0.15) is 4.68 Å². The minimum Gasteiger partial charge on any atom is -0.483 e. The molecule has 0 atom stereocenters. The third-order valence-electron chi connectivity index (χ3n) is 4.93. The number of aryl methyl sites for hydroxylation is 1. The van der Waals surface area contributed by atoms with Crippen LogP contribution in [0.1, 0.15) is 11.1 Å². The van der Waals surface area contributed by atoms with Gasteiger partial charge in [0.1, 0.15) is 5.75 Å². The summed E-state index contributed by atoms with van der Waals surface area (Å²) in [5.74, 6) is 1.30. The SMILES string of the molecule is Cc1ccc(NC(=O)COc2ccccc2CNCCSc2nnnn2-c2ccccc2)cc1. The van der Waals surface area contributed by atoms with Crippen molar-refractivity contribution in [3.63, 3.8) is 0 Å². The summed E-state index contributed by atoms with van der Waals surface area (Å²) in [6, 6.07) is 25.2. The number of carbonyl (C=O) groups is 1. The van der Waals surface area contributed by atoms with Crippen molar-refractivity contribution >= 4 is 23.4 Å². The Bertz CT molecular complexity index is 1200. The molecule has 8 nitrogen and oxygen atoms in total. The topological polar surface area (TPSA) is 94.0 Å². The van der Waals surface area contributed by atoms with Gasteiger partial charge >= 0.3 is 0 Å². The summed E-state index contributed by atoms with van der Waals surface area (Å²) >= 11 is 1.58. The Morgan fingerprint density at radius 3 is 2.59 bits per heavy atom. The number of para-hydroxylation sites is 2. The third-order valence-corrected chi connectivity index (χ3v) is 5.85. The quantitative estimate of drug-likeness (QED) is 0.252. The van der Waals surface area contributed by atoms with Gasteiger partial charge < -0.3 is 15.4 Å². The van der Waals surface area contributed by atoms with Gasteiger partial charge in [-0.25, -0.2) is 0 Å². The van der Waals surface area contributed by atoms with Gasteiger partial charge in [0, 0.05) is 30.1 Å². The first-order chi connectivity index (χ1) is 16.7. The first-order valence-electron chi connectivity index (χ1n) is 10.9. The molecule has 0 fully saturated rings. The van der Waals surface area contributed by atoms with E-state index in [0.717, 1.165) is 40.0 Å². The number of tetrazole rings is 1. The summed E-state index contributed by atoms with van der Waals surface area (Å²) in [5, 5.41) is 19.0. The Hall–Kier alpha value is -3.69. The average molecular weight is 475 g/mol. The average Bonchev–Trinajstić information content (AvgIpc) is 3.34. The number of ether oxygens (including phenoxy) is 1. The highest BCUT2D eigenvalue weighted by molar-refractivity contribution is 7.99. The molecule has 0 saturated heterocycles. The molecule has 0 aliphatic carbocycles. The molecule has 0 bridgehead atoms. The number of amides is 1. The summed E-state index contributed by atoms with van der Waals surface area (Å²) in [7, 11) is 0. The zero-order valence-electron chi connectivity index (χ0n) is 18.8. The van der Waals surface area contributed by atoms with Gasteiger partial charge in [0.2, 0.25) is 5.16 Å². The number of nitrogens with zero attached hydrogens (tertiary/aromatic N) is 4. The van der Waals surface area contributed by atoms with Gasteiger partial charge in [0.25, 0.3) is 5.91 Å². The first-order valence-corrected chi connectivity index (χ1v) is 11.9. The predicted octanol–water partition coefficient (Wildman–Crippen LogP) is 3.87. The molecule has 1 aromatic heterocycles. The fraction of sp³-hybridized carbons (Fsp3) is 0.200. The van der Waals surface area contributed by atoms with E-state index in [1.807, 2.05) is 85.8 Å². The maximum atomic E-state index is 12.3. The monoisotopic (exact) mass is 474 g/mol. The van der Waals surface area contributed by atoms with Crippen LogP contribution in [-0.4, -0.2) is 45.0 Å². The van der Waals surface area contributed by atoms with Crippen LogP contribution in [0.25, 0.3) is 5.69 Å². The number of anilines is 1. The second-order valence-electron chi connectivity index (χ2n) is 7.54. The predicted molar refractivity (Wildman–Crippen MR) is 133 cm³/mol. The highest BCUT2D eigenvalue weighted by atomic mass is 32.2. The highest BCUT2D eigenvalue weighted by Crippen LogP contribution is 2.19. The van der Waals surface area contributed by atoms with Crippen LogP contribution in [0.5, 0.6) is 5.75 Å². The van der Waals surface area contributed by atoms with Crippen LogP contribution < -0.4 is 15.4 Å². The number of thioether (sulfide) groups is 1. The van der Waals surface area contributed by atoms with Crippen molar-refractivity contribution in [1.29, 1.82) is 0 Å². The molecular weight excluding hydrogens is 448 g/mol. The van der Waals surface area contributed by atoms with Crippen molar-refractivity contribution in [2.45, 2.75) is 18.6 Å². The Labute approximate surface area is 202 Å². The van der Waals surface area contributed by atoms with Crippen molar-refractivity contribution < 1.29 is 9.53 Å². The van der Waals surface area contributed by atoms with Gasteiger partial charge in [0.05, 0.1) is 5.69 Å². The summed E-state index contributed by atoms with van der Waals surface area (Å²) in [6.07, 6.45) is 0. The van der Waals surface area contributed by atoms with Crippen molar-refractivity contribution in [2.75, 3.05) is 24.2 Å². The molecule has 1 heterocycles. The summed E-state index contributed by atoms with van der Waals surface area (Å²) in [5.41, 5.74) is 3.82. The lowest BCUT2D eigenvalue weighted by atomic mass is 10.2. The summed E-state index contributed by atoms with van der Waals surface area (Å²) in [6.45, 7) is 3.34. The number of carbonyl (C=O) groups excluding carboxylic acids is 1. The molecule has 4 aromatic rings. The highest BCUT2D eigenvalue weighted by Gasteiger charge is 2.09. The number of hydrogen-bond acceptors (Lipinski definition) is 7. The fourth-order valence-corrected chi connectivity index (χ4v) is 3.99. The van der Waals surface area contributed by atoms with Crippen LogP contribution >= 0.6 is 11.8 Å². The number of aromatic nitrogens is 4. The molecule has 0 aliphatic rings. The van der Waals surface area contributed by atoms with Crippen molar-refractivity contribution in [1.82, 2.24) is 25.5 Å². The fourth-order valence-electron chi connectivity index (χ4n) is 3.21. The van der Waals surface area contributed by atoms with Crippen LogP contribution in [0, 0.1) is 6.92 Å². The standard InChI is InChI=1S/C25H26N6O2S/c1-19-11-13-21(14-12-19)27-24(32)18-33-23-10-6-5-7-20(23)17-26-15-16-34-25-28-29-30-31(25)22-8-3-2-4-9-22/h2-14,26H,15-18H2,1H3,(H,27,32). The third kappa shape index (κ3) is 6.66. The Morgan fingerprint density at radius 2 is 1.76 bits per heavy atom. The van der Waals surface area contributed by atoms with E-state index in [4.69, 9.17) is 4.74 Å². The lowest BCUT2D eigenvalue weighted by Crippen LogP contribution is -2.21. The molecule has 2 N–H and O–H groups in total. The van der Waals surface area contributed by atoms with E-state index >= 15 is 0 Å². The van der Waals surface area contributed by atoms with E-state index in [1.165, 1.54) is 0 Å². The largest absolute Gasteiger partial charge is 0.483 e. The van der Waals surface area contributed by atoms with Gasteiger partial charge in [-0.3, -0.25) is 4.79 Å². The van der Waals surface area contributed by atoms with Gasteiger partial charge in [0.15, 0.2) is 6.61 Å². The lowest BCUT2D eigenvalue weighted by molar-refractivity contribution is -0.118. The Balaban J connectivity index is 1.22. The molecule has 9 heteroatoms. The lowest BCUT2D eigenvalue weighted by Gasteiger charge is -2.12. The molecule has 4 rings (SSSR count). The van der Waals surface area contributed by atoms with E-state index in [-0.39, 0.29) is 12.5 Å². The van der Waals surface area contributed by atoms with E-state index in [1.54, 1.807) is 16.4 Å². The first kappa shape index (κ1) is 23.5. The van der Waals surface area contributed by atoms with E-state index in [9.17, 15) is 4.79 Å². The molecule has 1 amide bonds. The van der Waals surface area contributed by atoms with Gasteiger partial charge in [-0.1, -0.05) is 65.9 Å². The molecule has 0 aliphatic heterocycles. The van der Waals surface area contributed by atoms with Crippen LogP contribution in [0.3, 0.4) is 0 Å². The van der Waals surface area contributed by atoms with Crippen molar-refractivity contribution in [2.24, 2.45) is 0 Å². The maximum absolute atomic E-state index is 12.3. The molecule has 0 spiro atoms. The van der Waals surface area contributed by atoms with Crippen molar-refractivity contribution in [3.8, 4) is 11.4 Å². The van der Waals surface area contributed by atoms with E-state index in [0.29, 0.717) is 12.3 Å². The maximum Gasteiger partial charge on any atom is 0.262 e. The van der Waals surface area contributed by atoms with E-state index in [2.05, 4.69) is 26.2 Å². The second kappa shape index (κ2) is 12.0. The summed E-state index contributed by atoms with van der Waals surface area (Å²) < 4.78 is 7.52. The normalized spacial score (nSPS) is 10.7. The molecule has 0 radical (unpaired) electrons. The van der Waals surface area contributed by atoms with E-state index < -0.39 is 0 Å². The molecule has 34 heavy (non-hydrogen) atoms. The smallest absolute Gasteiger partial charge is 0.262 e. The molecule has 0 unspecified atom stereocenters. The number of rotatable bonds is 11. The minimum absolute atomic E-state index is 0.0527. The van der Waals surface area contributed by atoms with Crippen LogP contribution in [-0.2, 0) is 11.3 Å². The summed E-state index contributed by atoms with van der Waals surface area (Å²) in [4.78, 5) is 12.3. The minimum atomic E-state index is -0.195. The van der Waals surface area contributed by atoms with Crippen LogP contribution in [0.15, 0.2) is 84.0 Å². The zero-order valence-corrected chi connectivity index (χ0v) is 19.7. The van der Waals surface area contributed by atoms with Gasteiger partial charge in [-0.05, 0) is 47.7 Å². The molecule has 0 saturated carbocycles. The van der Waals surface area contributed by atoms with Gasteiger partial charge in [-0.15, -0.1) is 5.10 Å².